The molecule has 0 saturated carbocycles. The average molecular weight is 192 g/mol. The molecule has 74 valence electrons. The lowest BCUT2D eigenvalue weighted by Gasteiger charge is -2.04. The number of hydrogen-bond acceptors (Lipinski definition) is 3. The lowest BCUT2D eigenvalue weighted by Crippen LogP contribution is -2.18. The Kier molecular flexibility index (Phi) is 3.23. The first-order valence-corrected chi connectivity index (χ1v) is 4.17. The Labute approximate surface area is 82.3 Å². The molecular weight excluding hydrogens is 180 g/mol. The molecule has 2 N–H and O–H groups in total. The van der Waals surface area contributed by atoms with E-state index in [4.69, 9.17) is 0 Å². The standard InChI is InChI=1S/C10H12N2O2/c1-11-6-7-4-3-5-8(9(7)13)10(14)12-2/h3-6,13H,1-2H3,(H,12,14)/b11-6-. The van der Waals surface area contributed by atoms with E-state index in [1.807, 2.05) is 0 Å². The molecule has 0 saturated heterocycles. The van der Waals surface area contributed by atoms with Gasteiger partial charge in [0.1, 0.15) is 5.75 Å². The molecule has 0 atom stereocenters. The molecule has 0 spiro atoms. The molecule has 0 radical (unpaired) electrons. The topological polar surface area (TPSA) is 61.7 Å². The van der Waals surface area contributed by atoms with E-state index in [-0.39, 0.29) is 17.2 Å². The first kappa shape index (κ1) is 10.2. The van der Waals surface area contributed by atoms with Crippen LogP contribution in [-0.4, -0.2) is 31.3 Å². The summed E-state index contributed by atoms with van der Waals surface area (Å²) in [5.41, 5.74) is 0.790. The minimum atomic E-state index is -0.311. The number of para-hydroxylation sites is 1. The second kappa shape index (κ2) is 4.41. The molecule has 1 rings (SSSR count). The number of aromatic hydroxyl groups is 1. The molecule has 4 heteroatoms. The molecule has 0 aliphatic rings. The van der Waals surface area contributed by atoms with Crippen molar-refractivity contribution in [2.24, 2.45) is 4.99 Å². The van der Waals surface area contributed by atoms with Gasteiger partial charge in [0.25, 0.3) is 5.91 Å². The highest BCUT2D eigenvalue weighted by atomic mass is 16.3. The SMILES string of the molecule is C/N=C\c1cccc(C(=O)NC)c1O. The van der Waals surface area contributed by atoms with Crippen molar-refractivity contribution in [3.8, 4) is 5.75 Å². The van der Waals surface area contributed by atoms with Gasteiger partial charge in [0, 0.05) is 25.9 Å². The smallest absolute Gasteiger partial charge is 0.254 e. The number of aliphatic imine (C=N–C) groups is 1. The predicted octanol–water partition coefficient (Wildman–Crippen LogP) is 0.800. The van der Waals surface area contributed by atoms with E-state index in [9.17, 15) is 9.90 Å². The van der Waals surface area contributed by atoms with Gasteiger partial charge < -0.3 is 10.4 Å². The molecule has 0 aliphatic heterocycles. The van der Waals surface area contributed by atoms with Crippen LogP contribution in [-0.2, 0) is 0 Å². The second-order valence-corrected chi connectivity index (χ2v) is 2.71. The van der Waals surface area contributed by atoms with Crippen LogP contribution in [0.25, 0.3) is 0 Å². The maximum Gasteiger partial charge on any atom is 0.254 e. The Balaban J connectivity index is 3.20. The summed E-state index contributed by atoms with van der Waals surface area (Å²) in [4.78, 5) is 15.1. The first-order valence-electron chi connectivity index (χ1n) is 4.17. The summed E-state index contributed by atoms with van der Waals surface area (Å²) in [5, 5.41) is 12.1. The number of phenolic OH excluding ortho intramolecular Hbond substituents is 1. The fourth-order valence-corrected chi connectivity index (χ4v) is 1.12. The number of rotatable bonds is 2. The van der Waals surface area contributed by atoms with Crippen LogP contribution in [0.2, 0.25) is 0 Å². The van der Waals surface area contributed by atoms with Gasteiger partial charge in [0.05, 0.1) is 5.56 Å². The van der Waals surface area contributed by atoms with Crippen LogP contribution in [0.5, 0.6) is 5.75 Å². The van der Waals surface area contributed by atoms with Crippen molar-refractivity contribution in [1.29, 1.82) is 0 Å². The molecule has 1 amide bonds. The third-order valence-electron chi connectivity index (χ3n) is 1.81. The number of nitrogens with zero attached hydrogens (tertiary/aromatic N) is 1. The molecule has 0 heterocycles. The lowest BCUT2D eigenvalue weighted by atomic mass is 10.1. The van der Waals surface area contributed by atoms with Crippen molar-refractivity contribution in [1.82, 2.24) is 5.32 Å². The highest BCUT2D eigenvalue weighted by Crippen LogP contribution is 2.20. The highest BCUT2D eigenvalue weighted by molar-refractivity contribution is 5.99. The number of amides is 1. The predicted molar refractivity (Wildman–Crippen MR) is 55.0 cm³/mol. The molecule has 0 bridgehead atoms. The number of carbonyl (C=O) groups is 1. The molecule has 1 aromatic rings. The maximum atomic E-state index is 11.3. The monoisotopic (exact) mass is 192 g/mol. The molecule has 0 aliphatic carbocycles. The fraction of sp³-hybridized carbons (Fsp3) is 0.200. The molecule has 4 nitrogen and oxygen atoms in total. The van der Waals surface area contributed by atoms with Crippen LogP contribution in [0.4, 0.5) is 0 Å². The van der Waals surface area contributed by atoms with Gasteiger partial charge in [-0.1, -0.05) is 6.07 Å². The lowest BCUT2D eigenvalue weighted by molar-refractivity contribution is 0.0960. The third-order valence-corrected chi connectivity index (χ3v) is 1.81. The Hall–Kier alpha value is -1.84. The van der Waals surface area contributed by atoms with Crippen LogP contribution < -0.4 is 5.32 Å². The number of hydrogen-bond donors (Lipinski definition) is 2. The van der Waals surface area contributed by atoms with Gasteiger partial charge >= 0.3 is 0 Å². The fourth-order valence-electron chi connectivity index (χ4n) is 1.12. The van der Waals surface area contributed by atoms with Gasteiger partial charge in [-0.2, -0.15) is 0 Å². The zero-order valence-electron chi connectivity index (χ0n) is 8.11. The number of phenols is 1. The van der Waals surface area contributed by atoms with Gasteiger partial charge in [-0.25, -0.2) is 0 Å². The van der Waals surface area contributed by atoms with Gasteiger partial charge in [-0.05, 0) is 12.1 Å². The zero-order chi connectivity index (χ0) is 10.6. The molecular formula is C10H12N2O2. The van der Waals surface area contributed by atoms with Gasteiger partial charge in [0.2, 0.25) is 0 Å². The Morgan fingerprint density at radius 3 is 2.86 bits per heavy atom. The highest BCUT2D eigenvalue weighted by Gasteiger charge is 2.10. The van der Waals surface area contributed by atoms with E-state index in [1.54, 1.807) is 25.2 Å². The Bertz CT molecular complexity index is 372. The van der Waals surface area contributed by atoms with E-state index in [0.717, 1.165) is 0 Å². The molecule has 14 heavy (non-hydrogen) atoms. The molecule has 1 aromatic carbocycles. The largest absolute Gasteiger partial charge is 0.506 e. The van der Waals surface area contributed by atoms with E-state index in [1.165, 1.54) is 13.3 Å². The minimum Gasteiger partial charge on any atom is -0.506 e. The zero-order valence-corrected chi connectivity index (χ0v) is 8.11. The van der Waals surface area contributed by atoms with Crippen molar-refractivity contribution in [2.45, 2.75) is 0 Å². The van der Waals surface area contributed by atoms with Crippen LogP contribution in [0, 0.1) is 0 Å². The van der Waals surface area contributed by atoms with Crippen LogP contribution in [0.1, 0.15) is 15.9 Å². The molecule has 0 unspecified atom stereocenters. The van der Waals surface area contributed by atoms with E-state index < -0.39 is 0 Å². The quantitative estimate of drug-likeness (QED) is 0.681. The Morgan fingerprint density at radius 2 is 2.29 bits per heavy atom. The molecule has 0 fully saturated rings. The van der Waals surface area contributed by atoms with E-state index in [2.05, 4.69) is 10.3 Å². The summed E-state index contributed by atoms with van der Waals surface area (Å²) in [6.07, 6.45) is 1.50. The van der Waals surface area contributed by atoms with E-state index >= 15 is 0 Å². The van der Waals surface area contributed by atoms with Crippen molar-refractivity contribution in [2.75, 3.05) is 14.1 Å². The summed E-state index contributed by atoms with van der Waals surface area (Å²) in [7, 11) is 3.12. The Morgan fingerprint density at radius 1 is 1.57 bits per heavy atom. The summed E-state index contributed by atoms with van der Waals surface area (Å²) in [5.74, 6) is -0.355. The summed E-state index contributed by atoms with van der Waals surface area (Å²) < 4.78 is 0. The number of carbonyl (C=O) groups excluding carboxylic acids is 1. The van der Waals surface area contributed by atoms with Crippen LogP contribution >= 0.6 is 0 Å². The van der Waals surface area contributed by atoms with Gasteiger partial charge in [-0.15, -0.1) is 0 Å². The van der Waals surface area contributed by atoms with Crippen molar-refractivity contribution >= 4 is 12.1 Å². The van der Waals surface area contributed by atoms with Gasteiger partial charge in [-0.3, -0.25) is 9.79 Å². The summed E-state index contributed by atoms with van der Waals surface area (Å²) >= 11 is 0. The van der Waals surface area contributed by atoms with E-state index in [0.29, 0.717) is 5.56 Å². The number of nitrogens with one attached hydrogen (secondary N) is 1. The maximum absolute atomic E-state index is 11.3. The van der Waals surface area contributed by atoms with Crippen molar-refractivity contribution in [3.05, 3.63) is 29.3 Å². The molecule has 0 aromatic heterocycles. The first-order chi connectivity index (χ1) is 6.70. The van der Waals surface area contributed by atoms with Crippen molar-refractivity contribution < 1.29 is 9.90 Å². The second-order valence-electron chi connectivity index (χ2n) is 2.71. The average Bonchev–Trinajstić information content (AvgIpc) is 2.20. The normalized spacial score (nSPS) is 10.4. The van der Waals surface area contributed by atoms with Crippen molar-refractivity contribution in [3.63, 3.8) is 0 Å². The van der Waals surface area contributed by atoms with Crippen LogP contribution in [0.15, 0.2) is 23.2 Å². The van der Waals surface area contributed by atoms with Crippen LogP contribution in [0.3, 0.4) is 0 Å². The van der Waals surface area contributed by atoms with Gasteiger partial charge in [0.15, 0.2) is 0 Å². The summed E-state index contributed by atoms with van der Waals surface area (Å²) in [6, 6.07) is 4.94. The summed E-state index contributed by atoms with van der Waals surface area (Å²) in [6.45, 7) is 0. The minimum absolute atomic E-state index is 0.0440. The number of benzene rings is 1. The third kappa shape index (κ3) is 1.90.